The lowest BCUT2D eigenvalue weighted by Gasteiger charge is -2.03. The summed E-state index contributed by atoms with van der Waals surface area (Å²) >= 11 is 3.03. The molecule has 0 amide bonds. The van der Waals surface area contributed by atoms with Gasteiger partial charge in [-0.3, -0.25) is 0 Å². The fourth-order valence-electron chi connectivity index (χ4n) is 2.41. The molecule has 136 valence electrons. The molecule has 4 aromatic rings. The summed E-state index contributed by atoms with van der Waals surface area (Å²) in [5.41, 5.74) is 2.76. The molecule has 0 spiro atoms. The standard InChI is InChI=1S/C19H16N4O2S2/c1-24-16-10-6-5-9-15(16)17-22-23-19(25-17)27-12-14-11-26-18(21-14)20-13-7-3-2-4-8-13/h2-11H,12H2,1H3,(H,20,21). The molecule has 2 aromatic heterocycles. The summed E-state index contributed by atoms with van der Waals surface area (Å²) in [6, 6.07) is 17.5. The molecule has 0 saturated heterocycles. The molecule has 6 nitrogen and oxygen atoms in total. The Morgan fingerprint density at radius 1 is 1.07 bits per heavy atom. The zero-order chi connectivity index (χ0) is 18.5. The van der Waals surface area contributed by atoms with Crippen LogP contribution in [0, 0.1) is 0 Å². The van der Waals surface area contributed by atoms with Crippen molar-refractivity contribution in [2.75, 3.05) is 12.4 Å². The van der Waals surface area contributed by atoms with Gasteiger partial charge in [0, 0.05) is 16.8 Å². The van der Waals surface area contributed by atoms with E-state index in [9.17, 15) is 0 Å². The first-order chi connectivity index (χ1) is 13.3. The predicted molar refractivity (Wildman–Crippen MR) is 108 cm³/mol. The van der Waals surface area contributed by atoms with Gasteiger partial charge in [0.25, 0.3) is 11.1 Å². The van der Waals surface area contributed by atoms with Crippen molar-refractivity contribution in [1.29, 1.82) is 0 Å². The predicted octanol–water partition coefficient (Wildman–Crippen LogP) is 5.24. The maximum atomic E-state index is 5.76. The van der Waals surface area contributed by atoms with Crippen molar-refractivity contribution < 1.29 is 9.15 Å². The largest absolute Gasteiger partial charge is 0.496 e. The molecule has 27 heavy (non-hydrogen) atoms. The number of thiazole rings is 1. The number of ether oxygens (including phenoxy) is 1. The smallest absolute Gasteiger partial charge is 0.277 e. The molecule has 0 saturated carbocycles. The maximum Gasteiger partial charge on any atom is 0.277 e. The third kappa shape index (κ3) is 4.29. The fraction of sp³-hybridized carbons (Fsp3) is 0.105. The molecule has 8 heteroatoms. The number of aromatic nitrogens is 3. The molecule has 2 aromatic carbocycles. The highest BCUT2D eigenvalue weighted by Gasteiger charge is 2.14. The highest BCUT2D eigenvalue weighted by molar-refractivity contribution is 7.98. The summed E-state index contributed by atoms with van der Waals surface area (Å²) in [4.78, 5) is 4.59. The molecular formula is C19H16N4O2S2. The summed E-state index contributed by atoms with van der Waals surface area (Å²) in [6.45, 7) is 0. The van der Waals surface area contributed by atoms with Gasteiger partial charge in [-0.2, -0.15) is 0 Å². The number of methoxy groups -OCH3 is 1. The molecule has 0 aliphatic carbocycles. The van der Waals surface area contributed by atoms with Crippen LogP contribution in [0.1, 0.15) is 5.69 Å². The minimum Gasteiger partial charge on any atom is -0.496 e. The van der Waals surface area contributed by atoms with Crippen LogP contribution in [0.3, 0.4) is 0 Å². The minimum absolute atomic E-state index is 0.444. The summed E-state index contributed by atoms with van der Waals surface area (Å²) < 4.78 is 11.1. The second-order valence-electron chi connectivity index (χ2n) is 5.50. The van der Waals surface area contributed by atoms with Crippen LogP contribution in [0.4, 0.5) is 10.8 Å². The van der Waals surface area contributed by atoms with Gasteiger partial charge >= 0.3 is 0 Å². The number of nitrogens with zero attached hydrogens (tertiary/aromatic N) is 3. The summed E-state index contributed by atoms with van der Waals surface area (Å²) in [7, 11) is 1.62. The Labute approximate surface area is 164 Å². The van der Waals surface area contributed by atoms with Gasteiger partial charge in [0.2, 0.25) is 0 Å². The number of thioether (sulfide) groups is 1. The molecule has 0 aliphatic heterocycles. The van der Waals surface area contributed by atoms with Crippen molar-refractivity contribution in [3.05, 3.63) is 65.7 Å². The van der Waals surface area contributed by atoms with Crippen LogP contribution in [-0.4, -0.2) is 22.3 Å². The molecule has 0 atom stereocenters. The summed E-state index contributed by atoms with van der Waals surface area (Å²) in [5.74, 6) is 1.80. The normalized spacial score (nSPS) is 10.7. The third-order valence-electron chi connectivity index (χ3n) is 3.66. The van der Waals surface area contributed by atoms with Gasteiger partial charge < -0.3 is 14.5 Å². The van der Waals surface area contributed by atoms with Crippen LogP contribution in [0.5, 0.6) is 5.75 Å². The van der Waals surface area contributed by atoms with E-state index >= 15 is 0 Å². The maximum absolute atomic E-state index is 5.76. The number of para-hydroxylation sites is 2. The Morgan fingerprint density at radius 2 is 1.89 bits per heavy atom. The first-order valence-corrected chi connectivity index (χ1v) is 10.0. The van der Waals surface area contributed by atoms with Gasteiger partial charge in [0.05, 0.1) is 18.4 Å². The van der Waals surface area contributed by atoms with E-state index in [1.165, 1.54) is 11.8 Å². The van der Waals surface area contributed by atoms with Crippen molar-refractivity contribution in [1.82, 2.24) is 15.2 Å². The van der Waals surface area contributed by atoms with Gasteiger partial charge in [-0.25, -0.2) is 4.98 Å². The summed E-state index contributed by atoms with van der Waals surface area (Å²) in [5, 5.41) is 14.9. The SMILES string of the molecule is COc1ccccc1-c1nnc(SCc2csc(Nc3ccccc3)n2)o1. The second kappa shape index (κ2) is 8.24. The van der Waals surface area contributed by atoms with Gasteiger partial charge in [-0.1, -0.05) is 42.1 Å². The lowest BCUT2D eigenvalue weighted by molar-refractivity contribution is 0.411. The van der Waals surface area contributed by atoms with E-state index in [0.29, 0.717) is 22.6 Å². The highest BCUT2D eigenvalue weighted by Crippen LogP contribution is 2.31. The topological polar surface area (TPSA) is 73.1 Å². The molecule has 0 unspecified atom stereocenters. The van der Waals surface area contributed by atoms with Crippen molar-refractivity contribution in [3.63, 3.8) is 0 Å². The van der Waals surface area contributed by atoms with Crippen LogP contribution < -0.4 is 10.1 Å². The van der Waals surface area contributed by atoms with E-state index in [-0.39, 0.29) is 0 Å². The van der Waals surface area contributed by atoms with Gasteiger partial charge in [-0.15, -0.1) is 21.5 Å². The molecule has 0 bridgehead atoms. The van der Waals surface area contributed by atoms with E-state index in [2.05, 4.69) is 20.5 Å². The Balaban J connectivity index is 1.39. The van der Waals surface area contributed by atoms with Crippen LogP contribution in [0.15, 0.2) is 69.6 Å². The molecule has 0 fully saturated rings. The van der Waals surface area contributed by atoms with Crippen LogP contribution in [0.25, 0.3) is 11.5 Å². The zero-order valence-electron chi connectivity index (χ0n) is 14.5. The fourth-order valence-corrected chi connectivity index (χ4v) is 3.90. The van der Waals surface area contributed by atoms with Gasteiger partial charge in [-0.05, 0) is 24.3 Å². The van der Waals surface area contributed by atoms with E-state index < -0.39 is 0 Å². The Kier molecular flexibility index (Phi) is 5.36. The molecular weight excluding hydrogens is 380 g/mol. The lowest BCUT2D eigenvalue weighted by atomic mass is 10.2. The van der Waals surface area contributed by atoms with Crippen LogP contribution >= 0.6 is 23.1 Å². The molecule has 4 rings (SSSR count). The first kappa shape index (κ1) is 17.6. The molecule has 1 N–H and O–H groups in total. The number of nitrogens with one attached hydrogen (secondary N) is 1. The molecule has 0 aliphatic rings. The summed E-state index contributed by atoms with van der Waals surface area (Å²) in [6.07, 6.45) is 0. The first-order valence-electron chi connectivity index (χ1n) is 8.18. The van der Waals surface area contributed by atoms with Gasteiger partial charge in [0.1, 0.15) is 5.75 Å². The number of hydrogen-bond acceptors (Lipinski definition) is 8. The number of hydrogen-bond donors (Lipinski definition) is 1. The lowest BCUT2D eigenvalue weighted by Crippen LogP contribution is -1.89. The number of anilines is 2. The monoisotopic (exact) mass is 396 g/mol. The zero-order valence-corrected chi connectivity index (χ0v) is 16.1. The van der Waals surface area contributed by atoms with Crippen molar-refractivity contribution in [2.24, 2.45) is 0 Å². The Hall–Kier alpha value is -2.84. The average molecular weight is 396 g/mol. The minimum atomic E-state index is 0.444. The highest BCUT2D eigenvalue weighted by atomic mass is 32.2. The van der Waals surface area contributed by atoms with E-state index in [0.717, 1.165) is 22.1 Å². The Bertz CT molecular complexity index is 1020. The molecule has 2 heterocycles. The second-order valence-corrected chi connectivity index (χ2v) is 7.28. The van der Waals surface area contributed by atoms with E-state index in [4.69, 9.17) is 9.15 Å². The van der Waals surface area contributed by atoms with E-state index in [1.54, 1.807) is 18.4 Å². The quantitative estimate of drug-likeness (QED) is 0.428. The van der Waals surface area contributed by atoms with Crippen molar-refractivity contribution in [2.45, 2.75) is 11.0 Å². The number of benzene rings is 2. The van der Waals surface area contributed by atoms with E-state index in [1.807, 2.05) is 60.0 Å². The third-order valence-corrected chi connectivity index (χ3v) is 5.32. The van der Waals surface area contributed by atoms with Gasteiger partial charge in [0.15, 0.2) is 5.13 Å². The number of rotatable bonds is 7. The van der Waals surface area contributed by atoms with Crippen LogP contribution in [0.2, 0.25) is 0 Å². The van der Waals surface area contributed by atoms with Crippen molar-refractivity contribution in [3.8, 4) is 17.2 Å². The van der Waals surface area contributed by atoms with Crippen molar-refractivity contribution >= 4 is 33.9 Å². The Morgan fingerprint density at radius 3 is 2.74 bits per heavy atom. The average Bonchev–Trinajstić information content (AvgIpc) is 3.36. The molecule has 0 radical (unpaired) electrons. The van der Waals surface area contributed by atoms with Crippen LogP contribution in [-0.2, 0) is 5.75 Å².